The Labute approximate surface area is 147 Å². The third-order valence-corrected chi connectivity index (χ3v) is 5.58. The van der Waals surface area contributed by atoms with Crippen LogP contribution in [0.25, 0.3) is 0 Å². The highest BCUT2D eigenvalue weighted by atomic mass is 32.2. The maximum Gasteiger partial charge on any atom is 0.315 e. The molecule has 24 heavy (non-hydrogen) atoms. The largest absolute Gasteiger partial charge is 0.481 e. The average molecular weight is 350 g/mol. The highest BCUT2D eigenvalue weighted by Crippen LogP contribution is 2.24. The first-order chi connectivity index (χ1) is 11.4. The number of carbonyl (C=O) groups is 2. The number of carboxylic acids is 1. The molecule has 2 rings (SSSR count). The molecule has 1 saturated carbocycles. The van der Waals surface area contributed by atoms with Gasteiger partial charge in [-0.1, -0.05) is 17.7 Å². The second kappa shape index (κ2) is 8.97. The smallest absolute Gasteiger partial charge is 0.315 e. The average Bonchev–Trinajstić information content (AvgIpc) is 2.54. The number of carboxylic acid groups (broad SMARTS) is 1. The van der Waals surface area contributed by atoms with E-state index in [1.54, 1.807) is 11.8 Å². The minimum atomic E-state index is -0.723. The van der Waals surface area contributed by atoms with E-state index in [0.717, 1.165) is 18.6 Å². The molecule has 1 aliphatic carbocycles. The molecule has 1 fully saturated rings. The molecular formula is C18H26N2O3S. The number of rotatable bonds is 6. The molecule has 0 bridgehead atoms. The third-order valence-electron chi connectivity index (χ3n) is 4.31. The number of hydrogen-bond donors (Lipinski definition) is 3. The number of urea groups is 1. The van der Waals surface area contributed by atoms with Crippen LogP contribution in [0.5, 0.6) is 0 Å². The molecule has 0 heterocycles. The number of benzene rings is 1. The molecule has 1 atom stereocenters. The Hall–Kier alpha value is -1.69. The summed E-state index contributed by atoms with van der Waals surface area (Å²) in [6.07, 6.45) is 2.74. The van der Waals surface area contributed by atoms with Crippen molar-refractivity contribution in [2.24, 2.45) is 5.92 Å². The Morgan fingerprint density at radius 2 is 1.83 bits per heavy atom. The van der Waals surface area contributed by atoms with Gasteiger partial charge < -0.3 is 15.7 Å². The van der Waals surface area contributed by atoms with E-state index in [0.29, 0.717) is 12.8 Å². The Kier molecular flexibility index (Phi) is 6.97. The first kappa shape index (κ1) is 18.6. The standard InChI is InChI=1S/C18H26N2O3S/c1-12-3-9-16(10-4-12)24-11-13(2)19-18(23)20-15-7-5-14(6-8-15)17(21)22/h3-4,9-10,13-15H,5-8,11H2,1-2H3,(H,21,22)(H2,19,20,23). The van der Waals surface area contributed by atoms with E-state index in [-0.39, 0.29) is 24.0 Å². The number of aliphatic carboxylic acids is 1. The molecule has 0 aliphatic heterocycles. The number of thioether (sulfide) groups is 1. The lowest BCUT2D eigenvalue weighted by Gasteiger charge is -2.27. The molecule has 0 spiro atoms. The van der Waals surface area contributed by atoms with Crippen molar-refractivity contribution < 1.29 is 14.7 Å². The quantitative estimate of drug-likeness (QED) is 0.687. The topological polar surface area (TPSA) is 78.4 Å². The number of aryl methyl sites for hydroxylation is 1. The van der Waals surface area contributed by atoms with Crippen LogP contribution >= 0.6 is 11.8 Å². The minimum absolute atomic E-state index is 0.0617. The highest BCUT2D eigenvalue weighted by molar-refractivity contribution is 7.99. The van der Waals surface area contributed by atoms with Crippen molar-refractivity contribution in [2.45, 2.75) is 56.5 Å². The zero-order valence-corrected chi connectivity index (χ0v) is 15.1. The van der Waals surface area contributed by atoms with E-state index < -0.39 is 5.97 Å². The summed E-state index contributed by atoms with van der Waals surface area (Å²) < 4.78 is 0. The van der Waals surface area contributed by atoms with E-state index >= 15 is 0 Å². The van der Waals surface area contributed by atoms with Gasteiger partial charge in [0.25, 0.3) is 0 Å². The zero-order valence-electron chi connectivity index (χ0n) is 14.2. The maximum absolute atomic E-state index is 12.0. The van der Waals surface area contributed by atoms with Crippen molar-refractivity contribution in [3.8, 4) is 0 Å². The van der Waals surface area contributed by atoms with Crippen molar-refractivity contribution in [1.29, 1.82) is 0 Å². The first-order valence-corrected chi connectivity index (χ1v) is 9.42. The fourth-order valence-corrected chi connectivity index (χ4v) is 3.69. The lowest BCUT2D eigenvalue weighted by atomic mass is 9.86. The van der Waals surface area contributed by atoms with Crippen molar-refractivity contribution in [3.63, 3.8) is 0 Å². The number of nitrogens with one attached hydrogen (secondary N) is 2. The number of carbonyl (C=O) groups excluding carboxylic acids is 1. The van der Waals surface area contributed by atoms with Crippen molar-refractivity contribution in [1.82, 2.24) is 10.6 Å². The summed E-state index contributed by atoms with van der Waals surface area (Å²) in [4.78, 5) is 24.2. The molecule has 132 valence electrons. The van der Waals surface area contributed by atoms with Crippen LogP contribution in [0.15, 0.2) is 29.2 Å². The summed E-state index contributed by atoms with van der Waals surface area (Å²) in [5.74, 6) is -0.169. The van der Waals surface area contributed by atoms with E-state index in [4.69, 9.17) is 5.11 Å². The van der Waals surface area contributed by atoms with Crippen molar-refractivity contribution in [2.75, 3.05) is 5.75 Å². The van der Waals surface area contributed by atoms with Gasteiger partial charge in [0.2, 0.25) is 0 Å². The molecule has 2 amide bonds. The van der Waals surface area contributed by atoms with Crippen LogP contribution in [-0.4, -0.2) is 34.9 Å². The summed E-state index contributed by atoms with van der Waals surface area (Å²) in [6, 6.07) is 8.33. The monoisotopic (exact) mass is 350 g/mol. The third kappa shape index (κ3) is 6.07. The SMILES string of the molecule is Cc1ccc(SCC(C)NC(=O)NC2CCC(C(=O)O)CC2)cc1. The van der Waals surface area contributed by atoms with Crippen molar-refractivity contribution >= 4 is 23.8 Å². The molecule has 1 aromatic carbocycles. The van der Waals surface area contributed by atoms with Crippen LogP contribution in [0.4, 0.5) is 4.79 Å². The van der Waals surface area contributed by atoms with Gasteiger partial charge in [-0.15, -0.1) is 11.8 Å². The summed E-state index contributed by atoms with van der Waals surface area (Å²) in [5, 5.41) is 14.9. The molecule has 3 N–H and O–H groups in total. The van der Waals surface area contributed by atoms with E-state index in [1.165, 1.54) is 10.5 Å². The second-order valence-electron chi connectivity index (χ2n) is 6.53. The summed E-state index contributed by atoms with van der Waals surface area (Å²) >= 11 is 1.72. The Morgan fingerprint density at radius 3 is 2.42 bits per heavy atom. The predicted molar refractivity (Wildman–Crippen MR) is 96.4 cm³/mol. The highest BCUT2D eigenvalue weighted by Gasteiger charge is 2.26. The van der Waals surface area contributed by atoms with Crippen molar-refractivity contribution in [3.05, 3.63) is 29.8 Å². The molecular weight excluding hydrogens is 324 g/mol. The minimum Gasteiger partial charge on any atom is -0.481 e. The summed E-state index contributed by atoms with van der Waals surface area (Å²) in [5.41, 5.74) is 1.24. The molecule has 1 aromatic rings. The van der Waals surface area contributed by atoms with E-state index in [9.17, 15) is 9.59 Å². The normalized spacial score (nSPS) is 21.8. The molecule has 1 unspecified atom stereocenters. The molecule has 0 aromatic heterocycles. The number of amides is 2. The number of hydrogen-bond acceptors (Lipinski definition) is 3. The lowest BCUT2D eigenvalue weighted by Crippen LogP contribution is -2.47. The Balaban J connectivity index is 1.66. The molecule has 0 radical (unpaired) electrons. The Morgan fingerprint density at radius 1 is 1.21 bits per heavy atom. The van der Waals surface area contributed by atoms with Crippen LogP contribution < -0.4 is 10.6 Å². The second-order valence-corrected chi connectivity index (χ2v) is 7.62. The fourth-order valence-electron chi connectivity index (χ4n) is 2.83. The van der Waals surface area contributed by atoms with Gasteiger partial charge in [0.15, 0.2) is 0 Å². The predicted octanol–water partition coefficient (Wildman–Crippen LogP) is 3.42. The van der Waals surface area contributed by atoms with E-state index in [1.807, 2.05) is 6.92 Å². The van der Waals surface area contributed by atoms with Gasteiger partial charge in [0.1, 0.15) is 0 Å². The van der Waals surface area contributed by atoms with Crippen LogP contribution in [-0.2, 0) is 4.79 Å². The van der Waals surface area contributed by atoms with Gasteiger partial charge in [0.05, 0.1) is 5.92 Å². The molecule has 6 heteroatoms. The van der Waals surface area contributed by atoms with Gasteiger partial charge in [-0.25, -0.2) is 4.79 Å². The van der Waals surface area contributed by atoms with Gasteiger partial charge in [-0.3, -0.25) is 4.79 Å². The van der Waals surface area contributed by atoms with Gasteiger partial charge >= 0.3 is 12.0 Å². The molecule has 0 saturated heterocycles. The van der Waals surface area contributed by atoms with Crippen LogP contribution in [0.2, 0.25) is 0 Å². The zero-order chi connectivity index (χ0) is 17.5. The van der Waals surface area contributed by atoms with Gasteiger partial charge in [-0.05, 0) is 51.7 Å². The van der Waals surface area contributed by atoms with Crippen LogP contribution in [0.3, 0.4) is 0 Å². The molecule has 5 nitrogen and oxygen atoms in total. The lowest BCUT2D eigenvalue weighted by molar-refractivity contribution is -0.142. The van der Waals surface area contributed by atoms with Gasteiger partial charge in [0, 0.05) is 22.7 Å². The van der Waals surface area contributed by atoms with Gasteiger partial charge in [-0.2, -0.15) is 0 Å². The Bertz CT molecular complexity index is 554. The summed E-state index contributed by atoms with van der Waals surface area (Å²) in [7, 11) is 0. The van der Waals surface area contributed by atoms with E-state index in [2.05, 4.69) is 41.8 Å². The van der Waals surface area contributed by atoms with Crippen LogP contribution in [0, 0.1) is 12.8 Å². The fraction of sp³-hybridized carbons (Fsp3) is 0.556. The van der Waals surface area contributed by atoms with Crippen LogP contribution in [0.1, 0.15) is 38.2 Å². The first-order valence-electron chi connectivity index (χ1n) is 8.43. The molecule has 1 aliphatic rings. The summed E-state index contributed by atoms with van der Waals surface area (Å²) in [6.45, 7) is 4.05. The maximum atomic E-state index is 12.0.